The molecule has 4 rings (SSSR count). The van der Waals surface area contributed by atoms with Gasteiger partial charge in [-0.15, -0.1) is 0 Å². The van der Waals surface area contributed by atoms with Gasteiger partial charge < -0.3 is 15.2 Å². The predicted octanol–water partition coefficient (Wildman–Crippen LogP) is 3.50. The lowest BCUT2D eigenvalue weighted by Gasteiger charge is -2.20. The van der Waals surface area contributed by atoms with Crippen LogP contribution in [0.5, 0.6) is 0 Å². The summed E-state index contributed by atoms with van der Waals surface area (Å²) >= 11 is 0. The second kappa shape index (κ2) is 7.34. The monoisotopic (exact) mass is 379 g/mol. The number of fused-ring (bicyclic) bond motifs is 2. The number of H-pyrrole nitrogens is 2. The van der Waals surface area contributed by atoms with Crippen LogP contribution in [0.2, 0.25) is 0 Å². The largest absolute Gasteiger partial charge is 0.368 e. The van der Waals surface area contributed by atoms with E-state index in [-0.39, 0.29) is 11.7 Å². The van der Waals surface area contributed by atoms with Crippen LogP contribution in [0.3, 0.4) is 0 Å². The minimum Gasteiger partial charge on any atom is -0.368 e. The highest BCUT2D eigenvalue weighted by Gasteiger charge is 2.14. The van der Waals surface area contributed by atoms with E-state index in [9.17, 15) is 9.18 Å². The molecule has 3 N–H and O–H groups in total. The molecule has 0 aliphatic rings. The molecule has 1 amide bonds. The first-order chi connectivity index (χ1) is 13.5. The average molecular weight is 379 g/mol. The summed E-state index contributed by atoms with van der Waals surface area (Å²) in [7, 11) is 1.95. The number of halogens is 1. The fraction of sp³-hybridized carbons (Fsp3) is 0.238. The molecule has 0 fully saturated rings. The van der Waals surface area contributed by atoms with E-state index in [1.807, 2.05) is 30.3 Å². The van der Waals surface area contributed by atoms with E-state index >= 15 is 0 Å². The molecular weight excluding hydrogens is 357 g/mol. The Morgan fingerprint density at radius 1 is 1.29 bits per heavy atom. The van der Waals surface area contributed by atoms with Crippen molar-refractivity contribution < 1.29 is 9.18 Å². The summed E-state index contributed by atoms with van der Waals surface area (Å²) in [4.78, 5) is 16.4. The zero-order valence-electron chi connectivity index (χ0n) is 15.8. The van der Waals surface area contributed by atoms with Crippen LogP contribution in [-0.4, -0.2) is 34.7 Å². The van der Waals surface area contributed by atoms with Gasteiger partial charge in [0, 0.05) is 44.0 Å². The second-order valence-corrected chi connectivity index (χ2v) is 7.04. The summed E-state index contributed by atoms with van der Waals surface area (Å²) in [6, 6.07) is 9.22. The molecule has 0 aliphatic heterocycles. The average Bonchev–Trinajstić information content (AvgIpc) is 3.27. The summed E-state index contributed by atoms with van der Waals surface area (Å²) in [6.07, 6.45) is 4.33. The second-order valence-electron chi connectivity index (χ2n) is 7.04. The number of amides is 1. The normalized spacial score (nSPS) is 11.2. The third kappa shape index (κ3) is 3.55. The Balaban J connectivity index is 1.61. The van der Waals surface area contributed by atoms with Gasteiger partial charge in [0.25, 0.3) is 0 Å². The summed E-state index contributed by atoms with van der Waals surface area (Å²) in [5.41, 5.74) is 4.79. The standard InChI is InChI=1S/C21H22FN5O/c1-13(28)23-6-5-15-10-24-21-18(15)8-17(22)9-20(21)27(2)12-14-3-4-19-16(7-14)11-25-26-19/h3-4,7-11,24H,5-6,12H2,1-2H3,(H,23,28)(H,25,26). The van der Waals surface area contributed by atoms with E-state index in [2.05, 4.69) is 26.6 Å². The number of hydrogen-bond acceptors (Lipinski definition) is 3. The predicted molar refractivity (Wildman–Crippen MR) is 109 cm³/mol. The molecule has 0 bridgehead atoms. The smallest absolute Gasteiger partial charge is 0.216 e. The van der Waals surface area contributed by atoms with Gasteiger partial charge in [0.15, 0.2) is 0 Å². The fourth-order valence-electron chi connectivity index (χ4n) is 3.57. The molecule has 144 valence electrons. The SMILES string of the molecule is CC(=O)NCCc1c[nH]c2c(N(C)Cc3ccc4[nH]ncc4c3)cc(F)cc12. The fourth-order valence-corrected chi connectivity index (χ4v) is 3.57. The molecule has 0 saturated heterocycles. The van der Waals surface area contributed by atoms with Crippen molar-refractivity contribution in [1.82, 2.24) is 20.5 Å². The molecule has 2 aromatic carbocycles. The number of anilines is 1. The maximum Gasteiger partial charge on any atom is 0.216 e. The first-order valence-corrected chi connectivity index (χ1v) is 9.18. The molecule has 7 heteroatoms. The van der Waals surface area contributed by atoms with Gasteiger partial charge in [-0.2, -0.15) is 5.10 Å². The van der Waals surface area contributed by atoms with Crippen molar-refractivity contribution in [1.29, 1.82) is 0 Å². The van der Waals surface area contributed by atoms with Gasteiger partial charge in [-0.1, -0.05) is 6.07 Å². The number of carbonyl (C=O) groups excluding carboxylic acids is 1. The highest BCUT2D eigenvalue weighted by molar-refractivity contribution is 5.94. The Morgan fingerprint density at radius 2 is 2.14 bits per heavy atom. The van der Waals surface area contributed by atoms with E-state index in [1.54, 1.807) is 18.3 Å². The van der Waals surface area contributed by atoms with E-state index in [0.717, 1.165) is 38.6 Å². The van der Waals surface area contributed by atoms with Gasteiger partial charge in [0.05, 0.1) is 22.9 Å². The molecule has 28 heavy (non-hydrogen) atoms. The number of benzene rings is 2. The zero-order chi connectivity index (χ0) is 19.7. The van der Waals surface area contributed by atoms with Crippen LogP contribution in [0.1, 0.15) is 18.1 Å². The van der Waals surface area contributed by atoms with Crippen LogP contribution in [0.15, 0.2) is 42.7 Å². The van der Waals surface area contributed by atoms with E-state index in [0.29, 0.717) is 19.5 Å². The molecule has 0 spiro atoms. The van der Waals surface area contributed by atoms with Gasteiger partial charge in [-0.25, -0.2) is 4.39 Å². The van der Waals surface area contributed by atoms with Gasteiger partial charge in [0.1, 0.15) is 5.82 Å². The van der Waals surface area contributed by atoms with Crippen LogP contribution in [0.4, 0.5) is 10.1 Å². The van der Waals surface area contributed by atoms with Crippen molar-refractivity contribution in [3.8, 4) is 0 Å². The Kier molecular flexibility index (Phi) is 4.73. The maximum absolute atomic E-state index is 14.3. The van der Waals surface area contributed by atoms with E-state index in [4.69, 9.17) is 0 Å². The Labute approximate surface area is 161 Å². The minimum atomic E-state index is -0.278. The Bertz CT molecular complexity index is 1150. The highest BCUT2D eigenvalue weighted by Crippen LogP contribution is 2.30. The van der Waals surface area contributed by atoms with Crippen LogP contribution in [0.25, 0.3) is 21.8 Å². The van der Waals surface area contributed by atoms with Gasteiger partial charge in [-0.3, -0.25) is 9.89 Å². The first-order valence-electron chi connectivity index (χ1n) is 9.18. The first kappa shape index (κ1) is 18.0. The molecule has 6 nitrogen and oxygen atoms in total. The summed E-state index contributed by atoms with van der Waals surface area (Å²) in [6.45, 7) is 2.65. The molecule has 4 aromatic rings. The van der Waals surface area contributed by atoms with Crippen molar-refractivity contribution in [2.24, 2.45) is 0 Å². The molecule has 2 aromatic heterocycles. The number of aromatic amines is 2. The Hall–Kier alpha value is -3.35. The van der Waals surface area contributed by atoms with Gasteiger partial charge in [0.2, 0.25) is 5.91 Å². The minimum absolute atomic E-state index is 0.0685. The molecular formula is C21H22FN5O. The van der Waals surface area contributed by atoms with Crippen molar-refractivity contribution in [2.75, 3.05) is 18.5 Å². The topological polar surface area (TPSA) is 76.8 Å². The van der Waals surface area contributed by atoms with Crippen LogP contribution >= 0.6 is 0 Å². The van der Waals surface area contributed by atoms with Gasteiger partial charge >= 0.3 is 0 Å². The summed E-state index contributed by atoms with van der Waals surface area (Å²) in [5.74, 6) is -0.346. The number of nitrogens with zero attached hydrogens (tertiary/aromatic N) is 2. The zero-order valence-corrected chi connectivity index (χ0v) is 15.8. The van der Waals surface area contributed by atoms with Crippen molar-refractivity contribution in [2.45, 2.75) is 19.9 Å². The van der Waals surface area contributed by atoms with Gasteiger partial charge in [-0.05, 0) is 41.8 Å². The summed E-state index contributed by atoms with van der Waals surface area (Å²) < 4.78 is 14.3. The van der Waals surface area contributed by atoms with E-state index < -0.39 is 0 Å². The molecule has 0 radical (unpaired) electrons. The van der Waals surface area contributed by atoms with Crippen molar-refractivity contribution in [3.63, 3.8) is 0 Å². The molecule has 2 heterocycles. The number of aromatic nitrogens is 3. The van der Waals surface area contributed by atoms with Crippen molar-refractivity contribution >= 4 is 33.4 Å². The van der Waals surface area contributed by atoms with Crippen LogP contribution < -0.4 is 10.2 Å². The quantitative estimate of drug-likeness (QED) is 0.480. The number of rotatable bonds is 6. The maximum atomic E-state index is 14.3. The third-order valence-corrected chi connectivity index (χ3v) is 4.92. The summed E-state index contributed by atoms with van der Waals surface area (Å²) in [5, 5.41) is 11.7. The van der Waals surface area contributed by atoms with Crippen molar-refractivity contribution in [3.05, 3.63) is 59.7 Å². The lowest BCUT2D eigenvalue weighted by atomic mass is 10.1. The lowest BCUT2D eigenvalue weighted by Crippen LogP contribution is -2.22. The molecule has 0 saturated carbocycles. The highest BCUT2D eigenvalue weighted by atomic mass is 19.1. The molecule has 0 aliphatic carbocycles. The lowest BCUT2D eigenvalue weighted by molar-refractivity contribution is -0.118. The number of nitrogens with one attached hydrogen (secondary N) is 3. The van der Waals surface area contributed by atoms with Crippen LogP contribution in [0, 0.1) is 5.82 Å². The number of hydrogen-bond donors (Lipinski definition) is 3. The van der Waals surface area contributed by atoms with Crippen LogP contribution in [-0.2, 0) is 17.8 Å². The molecule has 0 unspecified atom stereocenters. The number of carbonyl (C=O) groups is 1. The van der Waals surface area contributed by atoms with E-state index in [1.165, 1.54) is 6.92 Å². The molecule has 0 atom stereocenters. The third-order valence-electron chi connectivity index (χ3n) is 4.92. The Morgan fingerprint density at radius 3 is 2.96 bits per heavy atom.